The summed E-state index contributed by atoms with van der Waals surface area (Å²) in [5.41, 5.74) is 2.18. The number of ether oxygens (including phenoxy) is 5. The van der Waals surface area contributed by atoms with Crippen LogP contribution < -0.4 is 19.7 Å². The number of nitrogens with one attached hydrogen (secondary N) is 1. The molecule has 2 amide bonds. The molecule has 1 aliphatic rings. The molecular formula is C35H39ClN2O9. The van der Waals surface area contributed by atoms with E-state index < -0.39 is 35.4 Å². The topological polar surface area (TPSA) is 130 Å². The van der Waals surface area contributed by atoms with Crippen LogP contribution in [0.2, 0.25) is 5.02 Å². The predicted octanol–water partition coefficient (Wildman–Crippen LogP) is 5.51. The largest absolute Gasteiger partial charge is 0.493 e. The van der Waals surface area contributed by atoms with Gasteiger partial charge in [0.15, 0.2) is 11.5 Å². The fraction of sp³-hybridized carbons (Fsp3) is 0.371. The molecule has 0 saturated heterocycles. The number of hydrogen-bond donors (Lipinski definition) is 1. The van der Waals surface area contributed by atoms with Crippen molar-refractivity contribution < 1.29 is 42.9 Å². The number of para-hydroxylation sites is 1. The van der Waals surface area contributed by atoms with E-state index in [1.165, 1.54) is 28.3 Å². The minimum atomic E-state index is -1.25. The number of benzene rings is 3. The van der Waals surface area contributed by atoms with Crippen LogP contribution in [0.5, 0.6) is 11.5 Å². The minimum Gasteiger partial charge on any atom is -0.493 e. The maximum atomic E-state index is 14.4. The van der Waals surface area contributed by atoms with Gasteiger partial charge in [0, 0.05) is 46.4 Å². The lowest BCUT2D eigenvalue weighted by Gasteiger charge is -2.33. The molecule has 3 aromatic carbocycles. The first-order valence-corrected chi connectivity index (χ1v) is 15.3. The monoisotopic (exact) mass is 666 g/mol. The minimum absolute atomic E-state index is 0.0557. The molecule has 11 nitrogen and oxygen atoms in total. The number of anilines is 2. The summed E-state index contributed by atoms with van der Waals surface area (Å²) in [6, 6.07) is 17.2. The van der Waals surface area contributed by atoms with Gasteiger partial charge >= 0.3 is 11.9 Å². The second kappa shape index (κ2) is 15.3. The molecule has 0 saturated carbocycles. The molecule has 0 aliphatic carbocycles. The van der Waals surface area contributed by atoms with Gasteiger partial charge in [0.1, 0.15) is 12.2 Å². The second-order valence-corrected chi connectivity index (χ2v) is 12.3. The third-order valence-electron chi connectivity index (χ3n) is 7.56. The quantitative estimate of drug-likeness (QED) is 0.249. The Balaban J connectivity index is 1.74. The third-order valence-corrected chi connectivity index (χ3v) is 7.79. The number of nitrogens with zero attached hydrogens (tertiary/aromatic N) is 1. The number of amides is 2. The number of halogens is 1. The molecule has 4 rings (SSSR count). The SMILES string of the molecule is COC(=O)Cc1ccc(NC(=O)C[C@H]2O[C@H](c3cccc(OC)c3OC)c3cc(Cl)ccc3N(CC(C)(C)COC(C)=O)C2=O)cc1. The summed E-state index contributed by atoms with van der Waals surface area (Å²) in [4.78, 5) is 52.7. The van der Waals surface area contributed by atoms with Crippen molar-refractivity contribution in [2.24, 2.45) is 5.41 Å². The molecule has 12 heteroatoms. The molecule has 0 spiro atoms. The highest BCUT2D eigenvalue weighted by atomic mass is 35.5. The van der Waals surface area contributed by atoms with Gasteiger partial charge in [0.25, 0.3) is 5.91 Å². The van der Waals surface area contributed by atoms with Gasteiger partial charge in [0.2, 0.25) is 5.91 Å². The number of esters is 2. The van der Waals surface area contributed by atoms with Crippen LogP contribution >= 0.6 is 11.6 Å². The highest BCUT2D eigenvalue weighted by Crippen LogP contribution is 2.45. The number of fused-ring (bicyclic) bond motifs is 1. The molecule has 250 valence electrons. The first-order chi connectivity index (χ1) is 22.3. The van der Waals surface area contributed by atoms with Crippen LogP contribution in [0.25, 0.3) is 0 Å². The van der Waals surface area contributed by atoms with Gasteiger partial charge in [-0.3, -0.25) is 19.2 Å². The molecular weight excluding hydrogens is 628 g/mol. The van der Waals surface area contributed by atoms with Gasteiger partial charge in [0.05, 0.1) is 40.8 Å². The van der Waals surface area contributed by atoms with Gasteiger partial charge in [-0.25, -0.2) is 0 Å². The van der Waals surface area contributed by atoms with Gasteiger partial charge in [-0.05, 0) is 42.0 Å². The van der Waals surface area contributed by atoms with E-state index in [0.29, 0.717) is 39.0 Å². The lowest BCUT2D eigenvalue weighted by Crippen LogP contribution is -2.46. The van der Waals surface area contributed by atoms with Crippen LogP contribution in [0.4, 0.5) is 11.4 Å². The van der Waals surface area contributed by atoms with Crippen molar-refractivity contribution in [1.82, 2.24) is 0 Å². The molecule has 1 heterocycles. The number of carbonyl (C=O) groups is 4. The standard InChI is InChI=1S/C35H39ClN2O9/c1-21(39)46-20-35(2,3)19-38-27-15-12-23(36)17-26(27)32(25-8-7-9-28(43-4)33(25)45-6)47-29(34(38)42)18-30(40)37-24-13-10-22(11-14-24)16-31(41)44-5/h7-15,17,29,32H,16,18-20H2,1-6H3,(H,37,40)/t29-,32-/m1/s1. The third kappa shape index (κ3) is 8.81. The summed E-state index contributed by atoms with van der Waals surface area (Å²) >= 11 is 6.51. The Labute approximate surface area is 279 Å². The van der Waals surface area contributed by atoms with Gasteiger partial charge in [-0.15, -0.1) is 0 Å². The molecule has 1 N–H and O–H groups in total. The van der Waals surface area contributed by atoms with E-state index in [4.69, 9.17) is 35.3 Å². The van der Waals surface area contributed by atoms with Crippen LogP contribution in [-0.2, 0) is 39.8 Å². The first-order valence-electron chi connectivity index (χ1n) is 14.9. The highest BCUT2D eigenvalue weighted by molar-refractivity contribution is 6.30. The van der Waals surface area contributed by atoms with E-state index in [1.54, 1.807) is 65.6 Å². The summed E-state index contributed by atoms with van der Waals surface area (Å²) in [7, 11) is 4.34. The summed E-state index contributed by atoms with van der Waals surface area (Å²) in [5, 5.41) is 3.23. The maximum Gasteiger partial charge on any atom is 0.309 e. The van der Waals surface area contributed by atoms with Gasteiger partial charge in [-0.1, -0.05) is 49.7 Å². The molecule has 1 aliphatic heterocycles. The van der Waals surface area contributed by atoms with Crippen molar-refractivity contribution in [3.05, 3.63) is 82.4 Å². The van der Waals surface area contributed by atoms with Crippen molar-refractivity contribution in [2.75, 3.05) is 44.7 Å². The Morgan fingerprint density at radius 2 is 1.70 bits per heavy atom. The zero-order valence-corrected chi connectivity index (χ0v) is 28.0. The number of hydrogen-bond acceptors (Lipinski definition) is 9. The van der Waals surface area contributed by atoms with E-state index in [2.05, 4.69) is 5.32 Å². The first kappa shape index (κ1) is 35.2. The Morgan fingerprint density at radius 3 is 2.34 bits per heavy atom. The van der Waals surface area contributed by atoms with Crippen molar-refractivity contribution in [1.29, 1.82) is 0 Å². The van der Waals surface area contributed by atoms with Crippen LogP contribution in [-0.4, -0.2) is 64.3 Å². The lowest BCUT2D eigenvalue weighted by molar-refractivity contribution is -0.144. The van der Waals surface area contributed by atoms with Crippen molar-refractivity contribution >= 4 is 46.7 Å². The van der Waals surface area contributed by atoms with Crippen LogP contribution in [0.1, 0.15) is 50.0 Å². The molecule has 3 aromatic rings. The second-order valence-electron chi connectivity index (χ2n) is 11.9. The highest BCUT2D eigenvalue weighted by Gasteiger charge is 2.41. The fourth-order valence-corrected chi connectivity index (χ4v) is 5.50. The summed E-state index contributed by atoms with van der Waals surface area (Å²) in [5.74, 6) is -0.889. The van der Waals surface area contributed by atoms with Crippen LogP contribution in [0.15, 0.2) is 60.7 Å². The zero-order chi connectivity index (χ0) is 34.3. The van der Waals surface area contributed by atoms with E-state index in [-0.39, 0.29) is 32.0 Å². The Kier molecular flexibility index (Phi) is 11.5. The summed E-state index contributed by atoms with van der Waals surface area (Å²) in [6.45, 7) is 5.27. The number of methoxy groups -OCH3 is 3. The van der Waals surface area contributed by atoms with Crippen LogP contribution in [0, 0.1) is 5.41 Å². The lowest BCUT2D eigenvalue weighted by atomic mass is 9.92. The predicted molar refractivity (Wildman–Crippen MR) is 176 cm³/mol. The summed E-state index contributed by atoms with van der Waals surface area (Å²) < 4.78 is 27.9. The molecule has 0 radical (unpaired) electrons. The maximum absolute atomic E-state index is 14.4. The zero-order valence-electron chi connectivity index (χ0n) is 27.3. The van der Waals surface area contributed by atoms with Crippen molar-refractivity contribution in [3.8, 4) is 11.5 Å². The Hall–Kier alpha value is -4.61. The average molecular weight is 667 g/mol. The molecule has 0 aromatic heterocycles. The van der Waals surface area contributed by atoms with Crippen molar-refractivity contribution in [2.45, 2.75) is 45.8 Å². The van der Waals surface area contributed by atoms with Crippen LogP contribution in [0.3, 0.4) is 0 Å². The van der Waals surface area contributed by atoms with Crippen molar-refractivity contribution in [3.63, 3.8) is 0 Å². The fourth-order valence-electron chi connectivity index (χ4n) is 5.32. The number of rotatable bonds is 12. The summed E-state index contributed by atoms with van der Waals surface area (Å²) in [6.07, 6.45) is -2.37. The molecule has 2 atom stereocenters. The van der Waals surface area contributed by atoms with E-state index in [1.807, 2.05) is 13.8 Å². The molecule has 0 fully saturated rings. The van der Waals surface area contributed by atoms with Gasteiger partial charge < -0.3 is 33.9 Å². The van der Waals surface area contributed by atoms with E-state index in [9.17, 15) is 19.2 Å². The van der Waals surface area contributed by atoms with E-state index in [0.717, 1.165) is 5.56 Å². The average Bonchev–Trinajstić information content (AvgIpc) is 3.14. The smallest absolute Gasteiger partial charge is 0.309 e. The Bertz CT molecular complexity index is 1620. The van der Waals surface area contributed by atoms with Gasteiger partial charge in [-0.2, -0.15) is 0 Å². The molecule has 0 bridgehead atoms. The number of carbonyl (C=O) groups excluding carboxylic acids is 4. The van der Waals surface area contributed by atoms with E-state index >= 15 is 0 Å². The normalized spacial score (nSPS) is 16.1. The molecule has 0 unspecified atom stereocenters. The molecule has 47 heavy (non-hydrogen) atoms. The Morgan fingerprint density at radius 1 is 0.979 bits per heavy atom.